The Hall–Kier alpha value is -2.49. The summed E-state index contributed by atoms with van der Waals surface area (Å²) in [6.07, 6.45) is 0. The lowest BCUT2D eigenvalue weighted by Gasteiger charge is -2.10. The molecule has 2 rings (SSSR count). The summed E-state index contributed by atoms with van der Waals surface area (Å²) >= 11 is 0. The zero-order valence-corrected chi connectivity index (χ0v) is 10.1. The highest BCUT2D eigenvalue weighted by atomic mass is 16.1. The van der Waals surface area contributed by atoms with Crippen LogP contribution in [0.15, 0.2) is 54.6 Å². The molecule has 92 valence electrons. The van der Waals surface area contributed by atoms with Crippen LogP contribution in [0.1, 0.15) is 6.92 Å². The van der Waals surface area contributed by atoms with Gasteiger partial charge in [-0.15, -0.1) is 0 Å². The quantitative estimate of drug-likeness (QED) is 0.721. The number of carbonyl (C=O) groups excluding carboxylic acids is 1. The van der Waals surface area contributed by atoms with Crippen molar-refractivity contribution in [2.45, 2.75) is 6.92 Å². The molecule has 0 spiro atoms. The largest absolute Gasteiger partial charge is 0.326 e. The minimum Gasteiger partial charge on any atom is -0.326 e. The number of anilines is 3. The van der Waals surface area contributed by atoms with Gasteiger partial charge in [0.15, 0.2) is 0 Å². The van der Waals surface area contributed by atoms with Crippen molar-refractivity contribution in [2.24, 2.45) is 0 Å². The summed E-state index contributed by atoms with van der Waals surface area (Å²) in [6, 6.07) is 17.3. The lowest BCUT2D eigenvalue weighted by atomic mass is 10.3. The van der Waals surface area contributed by atoms with Crippen LogP contribution in [0.2, 0.25) is 0 Å². The normalized spacial score (nSPS) is 9.61. The van der Waals surface area contributed by atoms with E-state index in [-0.39, 0.29) is 5.91 Å². The van der Waals surface area contributed by atoms with Crippen LogP contribution in [0.25, 0.3) is 0 Å². The summed E-state index contributed by atoms with van der Waals surface area (Å²) in [5.41, 5.74) is 8.86. The van der Waals surface area contributed by atoms with Crippen molar-refractivity contribution in [3.05, 3.63) is 54.6 Å². The molecule has 18 heavy (non-hydrogen) atoms. The maximum Gasteiger partial charge on any atom is 0.221 e. The third-order valence-corrected chi connectivity index (χ3v) is 2.33. The third kappa shape index (κ3) is 3.52. The van der Waals surface area contributed by atoms with Crippen LogP contribution in [-0.2, 0) is 4.79 Å². The summed E-state index contributed by atoms with van der Waals surface area (Å²) in [5, 5.41) is 2.72. The molecule has 2 aromatic carbocycles. The van der Waals surface area contributed by atoms with E-state index in [0.29, 0.717) is 0 Å². The molecule has 0 aliphatic heterocycles. The Morgan fingerprint density at radius 2 is 1.28 bits per heavy atom. The molecule has 0 radical (unpaired) electrons. The van der Waals surface area contributed by atoms with Gasteiger partial charge in [0.25, 0.3) is 0 Å². The van der Waals surface area contributed by atoms with Gasteiger partial charge < -0.3 is 16.2 Å². The summed E-state index contributed by atoms with van der Waals surface area (Å²) < 4.78 is 0. The van der Waals surface area contributed by atoms with Gasteiger partial charge in [0.1, 0.15) is 0 Å². The number of benzene rings is 2. The second-order valence-electron chi connectivity index (χ2n) is 3.87. The smallest absolute Gasteiger partial charge is 0.221 e. The van der Waals surface area contributed by atoms with Crippen molar-refractivity contribution < 1.29 is 4.79 Å². The van der Waals surface area contributed by atoms with Crippen LogP contribution in [0.3, 0.4) is 0 Å². The van der Waals surface area contributed by atoms with Crippen LogP contribution < -0.4 is 16.2 Å². The molecule has 4 nitrogen and oxygen atoms in total. The van der Waals surface area contributed by atoms with Crippen molar-refractivity contribution >= 4 is 23.0 Å². The predicted molar refractivity (Wildman–Crippen MR) is 74.4 cm³/mol. The lowest BCUT2D eigenvalue weighted by molar-refractivity contribution is -0.114. The molecule has 4 heteroatoms. The molecule has 2 aromatic rings. The van der Waals surface area contributed by atoms with Gasteiger partial charge in [-0.25, -0.2) is 0 Å². The molecule has 0 bridgehead atoms. The Kier molecular flexibility index (Phi) is 3.81. The number of hydrogen-bond acceptors (Lipinski definition) is 3. The van der Waals surface area contributed by atoms with E-state index in [0.717, 1.165) is 17.1 Å². The van der Waals surface area contributed by atoms with Gasteiger partial charge in [0.05, 0.1) is 11.4 Å². The number of amides is 1. The molecule has 0 heterocycles. The van der Waals surface area contributed by atoms with Gasteiger partial charge in [-0.2, -0.15) is 0 Å². The van der Waals surface area contributed by atoms with Gasteiger partial charge in [-0.3, -0.25) is 4.79 Å². The molecular formula is C14H15N3O. The van der Waals surface area contributed by atoms with Crippen molar-refractivity contribution in [3.8, 4) is 0 Å². The van der Waals surface area contributed by atoms with Gasteiger partial charge in [0.2, 0.25) is 5.91 Å². The number of carbonyl (C=O) groups is 1. The fourth-order valence-electron chi connectivity index (χ4n) is 1.51. The number of hydrazine groups is 1. The minimum absolute atomic E-state index is 0.0712. The van der Waals surface area contributed by atoms with E-state index in [9.17, 15) is 4.79 Å². The Morgan fingerprint density at radius 3 is 1.83 bits per heavy atom. The first-order valence-electron chi connectivity index (χ1n) is 5.69. The summed E-state index contributed by atoms with van der Waals surface area (Å²) in [5.74, 6) is -0.0712. The molecule has 0 fully saturated rings. The van der Waals surface area contributed by atoms with Crippen LogP contribution in [0, 0.1) is 0 Å². The third-order valence-electron chi connectivity index (χ3n) is 2.33. The van der Waals surface area contributed by atoms with E-state index in [1.807, 2.05) is 54.6 Å². The van der Waals surface area contributed by atoms with Gasteiger partial charge in [-0.05, 0) is 36.4 Å². The fourth-order valence-corrected chi connectivity index (χ4v) is 1.51. The average molecular weight is 241 g/mol. The highest BCUT2D eigenvalue weighted by molar-refractivity contribution is 5.88. The summed E-state index contributed by atoms with van der Waals surface area (Å²) in [7, 11) is 0. The number of nitrogens with one attached hydrogen (secondary N) is 3. The van der Waals surface area contributed by atoms with Crippen LogP contribution in [0.5, 0.6) is 0 Å². The van der Waals surface area contributed by atoms with E-state index in [1.165, 1.54) is 6.92 Å². The SMILES string of the molecule is CC(=O)Nc1ccc(NNc2ccccc2)cc1. The Balaban J connectivity index is 1.92. The monoisotopic (exact) mass is 241 g/mol. The molecule has 0 atom stereocenters. The number of rotatable bonds is 4. The highest BCUT2D eigenvalue weighted by Gasteiger charge is 1.96. The zero-order valence-electron chi connectivity index (χ0n) is 10.1. The van der Waals surface area contributed by atoms with Crippen molar-refractivity contribution in [2.75, 3.05) is 16.2 Å². The summed E-state index contributed by atoms with van der Waals surface area (Å²) in [4.78, 5) is 10.9. The topological polar surface area (TPSA) is 53.2 Å². The van der Waals surface area contributed by atoms with Gasteiger partial charge in [-0.1, -0.05) is 18.2 Å². The average Bonchev–Trinajstić information content (AvgIpc) is 2.38. The molecule has 0 aliphatic rings. The zero-order chi connectivity index (χ0) is 12.8. The summed E-state index contributed by atoms with van der Waals surface area (Å²) in [6.45, 7) is 1.49. The molecule has 3 N–H and O–H groups in total. The molecule has 0 saturated carbocycles. The Labute approximate surface area is 106 Å². The van der Waals surface area contributed by atoms with Crippen molar-refractivity contribution in [1.82, 2.24) is 0 Å². The van der Waals surface area contributed by atoms with Gasteiger partial charge >= 0.3 is 0 Å². The van der Waals surface area contributed by atoms with Gasteiger partial charge in [0, 0.05) is 12.6 Å². The Morgan fingerprint density at radius 1 is 0.778 bits per heavy atom. The van der Waals surface area contributed by atoms with E-state index >= 15 is 0 Å². The first-order valence-corrected chi connectivity index (χ1v) is 5.69. The maximum atomic E-state index is 10.9. The maximum absolute atomic E-state index is 10.9. The standard InChI is InChI=1S/C14H15N3O/c1-11(18)15-12-7-9-14(10-8-12)17-16-13-5-3-2-4-6-13/h2-10,16-17H,1H3,(H,15,18). The number of hydrogen-bond donors (Lipinski definition) is 3. The minimum atomic E-state index is -0.0712. The fraction of sp³-hybridized carbons (Fsp3) is 0.0714. The van der Waals surface area contributed by atoms with E-state index in [4.69, 9.17) is 0 Å². The molecule has 0 aromatic heterocycles. The molecule has 0 saturated heterocycles. The van der Waals surface area contributed by atoms with E-state index < -0.39 is 0 Å². The number of para-hydroxylation sites is 1. The molecule has 1 amide bonds. The molecular weight excluding hydrogens is 226 g/mol. The van der Waals surface area contributed by atoms with Crippen LogP contribution in [-0.4, -0.2) is 5.91 Å². The predicted octanol–water partition coefficient (Wildman–Crippen LogP) is 3.08. The van der Waals surface area contributed by atoms with E-state index in [2.05, 4.69) is 16.2 Å². The second kappa shape index (κ2) is 5.72. The lowest BCUT2D eigenvalue weighted by Crippen LogP contribution is -2.09. The van der Waals surface area contributed by atoms with Crippen molar-refractivity contribution in [3.63, 3.8) is 0 Å². The Bertz CT molecular complexity index is 508. The van der Waals surface area contributed by atoms with E-state index in [1.54, 1.807) is 0 Å². The second-order valence-corrected chi connectivity index (χ2v) is 3.87. The highest BCUT2D eigenvalue weighted by Crippen LogP contribution is 2.14. The molecule has 0 unspecified atom stereocenters. The first-order chi connectivity index (χ1) is 8.74. The van der Waals surface area contributed by atoms with Crippen molar-refractivity contribution in [1.29, 1.82) is 0 Å². The molecule has 0 aliphatic carbocycles. The van der Waals surface area contributed by atoms with Crippen LogP contribution >= 0.6 is 0 Å². The van der Waals surface area contributed by atoms with Crippen LogP contribution in [0.4, 0.5) is 17.1 Å². The first kappa shape index (κ1) is 12.0.